The van der Waals surface area contributed by atoms with Crippen molar-refractivity contribution in [3.05, 3.63) is 39.0 Å². The Bertz CT molecular complexity index is 1090. The van der Waals surface area contributed by atoms with Gasteiger partial charge in [-0.2, -0.15) is 0 Å². The lowest BCUT2D eigenvalue weighted by Gasteiger charge is -2.31. The number of esters is 1. The zero-order valence-corrected chi connectivity index (χ0v) is 25.5. The minimum absolute atomic E-state index is 0.0620. The van der Waals surface area contributed by atoms with Gasteiger partial charge in [-0.25, -0.2) is 4.79 Å². The van der Waals surface area contributed by atoms with Gasteiger partial charge in [-0.1, -0.05) is 31.6 Å². The van der Waals surface area contributed by atoms with Crippen LogP contribution in [0.3, 0.4) is 0 Å². The van der Waals surface area contributed by atoms with Gasteiger partial charge in [0.2, 0.25) is 17.7 Å². The number of likely N-dealkylation sites (N-methyl/N-ethyl adjacent to an activating group) is 1. The number of allylic oxidation sites excluding steroid dienone is 2. The lowest BCUT2D eigenvalue weighted by atomic mass is 9.95. The van der Waals surface area contributed by atoms with Crippen LogP contribution in [0.4, 0.5) is 0 Å². The van der Waals surface area contributed by atoms with Crippen molar-refractivity contribution in [3.8, 4) is 5.75 Å². The van der Waals surface area contributed by atoms with E-state index in [-0.39, 0.29) is 24.0 Å². The summed E-state index contributed by atoms with van der Waals surface area (Å²) in [5.41, 5.74) is 1.65. The van der Waals surface area contributed by atoms with Crippen LogP contribution in [-0.2, 0) is 30.3 Å². The first-order chi connectivity index (χ1) is 18.2. The first kappa shape index (κ1) is 32.5. The normalized spacial score (nSPS) is 28.5. The molecule has 0 saturated carbocycles. The number of cyclic esters (lactones) is 1. The fourth-order valence-electron chi connectivity index (χ4n) is 4.64. The highest BCUT2D eigenvalue weighted by atomic mass is 127. The molecular weight excluding hydrogens is 617 g/mol. The number of hydrogen-bond acceptors (Lipinski definition) is 7. The van der Waals surface area contributed by atoms with E-state index in [2.05, 4.69) is 10.6 Å². The summed E-state index contributed by atoms with van der Waals surface area (Å²) in [6.45, 7) is 8.31. The zero-order chi connectivity index (χ0) is 29.4. The minimum atomic E-state index is -1.26. The van der Waals surface area contributed by atoms with Gasteiger partial charge in [0.05, 0.1) is 16.3 Å². The maximum absolute atomic E-state index is 13.4. The molecule has 2 rings (SSSR count). The second-order valence-electron chi connectivity index (χ2n) is 10.5. The molecule has 1 aliphatic rings. The molecule has 216 valence electrons. The number of nitrogens with zero attached hydrogens (tertiary/aromatic N) is 1. The first-order valence-electron chi connectivity index (χ1n) is 13.1. The molecule has 11 heteroatoms. The summed E-state index contributed by atoms with van der Waals surface area (Å²) >= 11 is 1.96. The summed E-state index contributed by atoms with van der Waals surface area (Å²) < 4.78 is 6.14. The van der Waals surface area contributed by atoms with Crippen LogP contribution in [0.1, 0.15) is 53.0 Å². The van der Waals surface area contributed by atoms with Gasteiger partial charge in [0.1, 0.15) is 23.9 Å². The molecule has 0 unspecified atom stereocenters. The molecule has 1 aromatic carbocycles. The summed E-state index contributed by atoms with van der Waals surface area (Å²) in [6, 6.07) is 1.50. The van der Waals surface area contributed by atoms with Crippen LogP contribution >= 0.6 is 22.6 Å². The Morgan fingerprint density at radius 3 is 2.36 bits per heavy atom. The van der Waals surface area contributed by atoms with Gasteiger partial charge in [-0.15, -0.1) is 0 Å². The Morgan fingerprint density at radius 2 is 1.74 bits per heavy atom. The molecular formula is C28H40IN3O7. The third-order valence-corrected chi connectivity index (χ3v) is 7.60. The average Bonchev–Trinajstić information content (AvgIpc) is 2.85. The van der Waals surface area contributed by atoms with Crippen molar-refractivity contribution in [1.82, 2.24) is 15.5 Å². The molecule has 10 nitrogen and oxygen atoms in total. The van der Waals surface area contributed by atoms with Crippen molar-refractivity contribution in [2.45, 2.75) is 78.1 Å². The van der Waals surface area contributed by atoms with Gasteiger partial charge in [0.15, 0.2) is 0 Å². The number of ether oxygens (including phenoxy) is 1. The van der Waals surface area contributed by atoms with E-state index in [9.17, 15) is 29.4 Å². The maximum atomic E-state index is 13.4. The minimum Gasteiger partial charge on any atom is -0.507 e. The number of phenols is 1. The van der Waals surface area contributed by atoms with E-state index in [0.717, 1.165) is 10.5 Å². The summed E-state index contributed by atoms with van der Waals surface area (Å²) in [5, 5.41) is 25.1. The number of aliphatic hydroxyl groups is 1. The molecule has 1 aliphatic heterocycles. The topological polar surface area (TPSA) is 145 Å². The summed E-state index contributed by atoms with van der Waals surface area (Å²) in [7, 11) is 1.41. The lowest BCUT2D eigenvalue weighted by Crippen LogP contribution is -2.58. The second kappa shape index (κ2) is 14.6. The summed E-state index contributed by atoms with van der Waals surface area (Å²) in [5.74, 6) is -2.54. The Labute approximate surface area is 243 Å². The number of amides is 3. The van der Waals surface area contributed by atoms with E-state index in [1.807, 2.05) is 42.5 Å². The van der Waals surface area contributed by atoms with Crippen LogP contribution in [0.25, 0.3) is 0 Å². The molecule has 0 bridgehead atoms. The number of hydrogen-bond donors (Lipinski definition) is 4. The van der Waals surface area contributed by atoms with E-state index in [1.54, 1.807) is 26.0 Å². The highest BCUT2D eigenvalue weighted by Gasteiger charge is 2.34. The van der Waals surface area contributed by atoms with Crippen molar-refractivity contribution in [2.24, 2.45) is 11.8 Å². The van der Waals surface area contributed by atoms with Crippen LogP contribution in [0, 0.1) is 15.4 Å². The molecule has 6 atom stereocenters. The second-order valence-corrected chi connectivity index (χ2v) is 11.7. The summed E-state index contributed by atoms with van der Waals surface area (Å²) in [6.07, 6.45) is 2.71. The zero-order valence-electron chi connectivity index (χ0n) is 23.4. The summed E-state index contributed by atoms with van der Waals surface area (Å²) in [4.78, 5) is 53.7. The largest absolute Gasteiger partial charge is 0.507 e. The molecule has 0 fully saturated rings. The van der Waals surface area contributed by atoms with Crippen LogP contribution in [-0.4, -0.2) is 76.7 Å². The predicted octanol–water partition coefficient (Wildman–Crippen LogP) is 2.29. The Morgan fingerprint density at radius 1 is 1.08 bits per heavy atom. The fraction of sp³-hybridized carbons (Fsp3) is 0.571. The number of halogens is 1. The quantitative estimate of drug-likeness (QED) is 0.222. The number of benzene rings is 1. The highest BCUT2D eigenvalue weighted by Crippen LogP contribution is 2.22. The van der Waals surface area contributed by atoms with Crippen LogP contribution in [0.15, 0.2) is 29.8 Å². The molecule has 0 spiro atoms. The van der Waals surface area contributed by atoms with Gasteiger partial charge in [-0.3, -0.25) is 14.4 Å². The van der Waals surface area contributed by atoms with E-state index >= 15 is 0 Å². The highest BCUT2D eigenvalue weighted by molar-refractivity contribution is 14.1. The van der Waals surface area contributed by atoms with E-state index < -0.39 is 54.5 Å². The van der Waals surface area contributed by atoms with Gasteiger partial charge in [-0.05, 0) is 79.8 Å². The van der Waals surface area contributed by atoms with Crippen molar-refractivity contribution >= 4 is 46.3 Å². The van der Waals surface area contributed by atoms with E-state index in [0.29, 0.717) is 22.0 Å². The molecule has 4 N–H and O–H groups in total. The van der Waals surface area contributed by atoms with Gasteiger partial charge >= 0.3 is 5.97 Å². The van der Waals surface area contributed by atoms with Gasteiger partial charge < -0.3 is 30.5 Å². The monoisotopic (exact) mass is 657 g/mol. The fourth-order valence-corrected chi connectivity index (χ4v) is 5.22. The van der Waals surface area contributed by atoms with Crippen LogP contribution < -0.4 is 10.6 Å². The number of carbonyl (C=O) groups is 4. The standard InChI is InChI=1S/C28H40IN3O7/c1-15-9-16(2)11-18(4)39-28(38)19(5)30-26(36)23(13-20-7-8-24(34)21(29)12-20)32(6)27(37)22(14-33)31-25(35)17(3)10-15/h7-9,12,16-19,22-23,33-34H,10-11,13-14H2,1-6H3,(H,30,36)(H,31,35)/t16-,17-,18-,19-,22-,23+/m0/s1. The van der Waals surface area contributed by atoms with Crippen molar-refractivity contribution < 1.29 is 34.1 Å². The van der Waals surface area contributed by atoms with Crippen molar-refractivity contribution in [1.29, 1.82) is 0 Å². The number of rotatable bonds is 3. The molecule has 0 radical (unpaired) electrons. The third kappa shape index (κ3) is 9.48. The van der Waals surface area contributed by atoms with E-state index in [1.165, 1.54) is 20.0 Å². The molecule has 1 aromatic rings. The predicted molar refractivity (Wildman–Crippen MR) is 155 cm³/mol. The molecule has 39 heavy (non-hydrogen) atoms. The first-order valence-corrected chi connectivity index (χ1v) is 14.1. The smallest absolute Gasteiger partial charge is 0.328 e. The van der Waals surface area contributed by atoms with Crippen LogP contribution in [0.5, 0.6) is 5.75 Å². The van der Waals surface area contributed by atoms with Gasteiger partial charge in [0.25, 0.3) is 0 Å². The molecule has 0 aromatic heterocycles. The van der Waals surface area contributed by atoms with Crippen molar-refractivity contribution in [2.75, 3.05) is 13.7 Å². The van der Waals surface area contributed by atoms with E-state index in [4.69, 9.17) is 4.74 Å². The molecule has 0 aliphatic carbocycles. The third-order valence-electron chi connectivity index (χ3n) is 6.73. The maximum Gasteiger partial charge on any atom is 0.328 e. The Balaban J connectivity index is 2.44. The SMILES string of the molecule is CC1=C[C@H](C)C[C@H](C)OC(=O)[C@H](C)NC(=O)[C@@H](Cc2ccc(O)c(I)c2)N(C)C(=O)[C@H](CO)NC(=O)[C@@H](C)C1. The Hall–Kier alpha value is -2.67. The lowest BCUT2D eigenvalue weighted by molar-refractivity contribution is -0.153. The average molecular weight is 658 g/mol. The van der Waals surface area contributed by atoms with Crippen molar-refractivity contribution in [3.63, 3.8) is 0 Å². The van der Waals surface area contributed by atoms with Gasteiger partial charge in [0, 0.05) is 19.4 Å². The number of aliphatic hydroxyl groups excluding tert-OH is 1. The molecule has 1 heterocycles. The number of nitrogens with one attached hydrogen (secondary N) is 2. The van der Waals surface area contributed by atoms with Crippen LogP contribution in [0.2, 0.25) is 0 Å². The number of aromatic hydroxyl groups is 1. The molecule has 0 saturated heterocycles. The Kier molecular flexibility index (Phi) is 12.2. The molecule has 3 amide bonds. The number of phenolic OH excluding ortho intramolecular Hbond substituents is 1. The number of carbonyl (C=O) groups excluding carboxylic acids is 4.